The SMILES string of the molecule is N#C/C(=C/c1ccc(N2CCCCC2)o1)C(=O)Nc1ccc(F)cc1. The third-order valence-corrected chi connectivity index (χ3v) is 4.03. The third-order valence-electron chi connectivity index (χ3n) is 4.03. The van der Waals surface area contributed by atoms with Gasteiger partial charge in [0.25, 0.3) is 5.91 Å². The number of anilines is 2. The van der Waals surface area contributed by atoms with E-state index >= 15 is 0 Å². The number of benzene rings is 1. The van der Waals surface area contributed by atoms with Crippen LogP contribution in [-0.2, 0) is 4.79 Å². The summed E-state index contributed by atoms with van der Waals surface area (Å²) in [5.41, 5.74) is 0.338. The summed E-state index contributed by atoms with van der Waals surface area (Å²) in [5.74, 6) is 0.244. The molecule has 1 aliphatic heterocycles. The molecule has 3 rings (SSSR count). The summed E-state index contributed by atoms with van der Waals surface area (Å²) in [6, 6.07) is 10.8. The van der Waals surface area contributed by atoms with Crippen LogP contribution in [0.15, 0.2) is 46.4 Å². The standard InChI is InChI=1S/C19H18FN3O2/c20-15-4-6-16(7-5-15)22-19(24)14(13-21)12-17-8-9-18(25-17)23-10-2-1-3-11-23/h4-9,12H,1-3,10-11H2,(H,22,24)/b14-12-. The number of piperidine rings is 1. The van der Waals surface area contributed by atoms with E-state index in [0.29, 0.717) is 11.4 Å². The molecule has 2 aromatic rings. The molecule has 1 aliphatic rings. The van der Waals surface area contributed by atoms with Crippen LogP contribution in [0, 0.1) is 17.1 Å². The first-order chi connectivity index (χ1) is 12.2. The van der Waals surface area contributed by atoms with Crippen molar-refractivity contribution in [1.82, 2.24) is 0 Å². The van der Waals surface area contributed by atoms with Gasteiger partial charge in [0, 0.05) is 30.9 Å². The van der Waals surface area contributed by atoms with Gasteiger partial charge in [0.15, 0.2) is 5.88 Å². The number of furan rings is 1. The van der Waals surface area contributed by atoms with Crippen LogP contribution in [0.5, 0.6) is 0 Å². The Bertz CT molecular complexity index is 812. The minimum absolute atomic E-state index is 0.0798. The van der Waals surface area contributed by atoms with Gasteiger partial charge in [-0.1, -0.05) is 0 Å². The number of amides is 1. The van der Waals surface area contributed by atoms with Gasteiger partial charge in [-0.15, -0.1) is 0 Å². The smallest absolute Gasteiger partial charge is 0.266 e. The maximum Gasteiger partial charge on any atom is 0.266 e. The van der Waals surface area contributed by atoms with Crippen LogP contribution in [0.1, 0.15) is 25.0 Å². The highest BCUT2D eigenvalue weighted by Crippen LogP contribution is 2.24. The number of carbonyl (C=O) groups excluding carboxylic acids is 1. The average Bonchev–Trinajstić information content (AvgIpc) is 3.11. The summed E-state index contributed by atoms with van der Waals surface area (Å²) in [7, 11) is 0. The number of rotatable bonds is 4. The molecule has 1 saturated heterocycles. The van der Waals surface area contributed by atoms with Gasteiger partial charge in [-0.25, -0.2) is 4.39 Å². The van der Waals surface area contributed by atoms with Crippen LogP contribution < -0.4 is 10.2 Å². The van der Waals surface area contributed by atoms with Gasteiger partial charge >= 0.3 is 0 Å². The maximum atomic E-state index is 12.9. The lowest BCUT2D eigenvalue weighted by molar-refractivity contribution is -0.112. The van der Waals surface area contributed by atoms with E-state index in [0.717, 1.165) is 31.8 Å². The van der Waals surface area contributed by atoms with Gasteiger partial charge < -0.3 is 14.6 Å². The van der Waals surface area contributed by atoms with Crippen molar-refractivity contribution < 1.29 is 13.6 Å². The van der Waals surface area contributed by atoms with E-state index in [4.69, 9.17) is 4.42 Å². The molecule has 0 atom stereocenters. The Morgan fingerprint density at radius 2 is 1.88 bits per heavy atom. The molecule has 0 radical (unpaired) electrons. The number of nitriles is 1. The Labute approximate surface area is 145 Å². The topological polar surface area (TPSA) is 69.3 Å². The van der Waals surface area contributed by atoms with Crippen LogP contribution in [0.2, 0.25) is 0 Å². The summed E-state index contributed by atoms with van der Waals surface area (Å²) in [5, 5.41) is 11.8. The predicted molar refractivity (Wildman–Crippen MR) is 93.4 cm³/mol. The Kier molecular flexibility index (Phi) is 5.14. The molecule has 6 heteroatoms. The molecule has 1 amide bonds. The zero-order chi connectivity index (χ0) is 17.6. The second kappa shape index (κ2) is 7.67. The fraction of sp³-hybridized carbons (Fsp3) is 0.263. The molecule has 0 saturated carbocycles. The molecule has 0 bridgehead atoms. The van der Waals surface area contributed by atoms with Crippen molar-refractivity contribution in [2.24, 2.45) is 0 Å². The molecule has 1 fully saturated rings. The first-order valence-corrected chi connectivity index (χ1v) is 8.19. The van der Waals surface area contributed by atoms with Gasteiger partial charge in [-0.3, -0.25) is 4.79 Å². The monoisotopic (exact) mass is 339 g/mol. The summed E-state index contributed by atoms with van der Waals surface area (Å²) in [4.78, 5) is 14.4. The molecule has 2 heterocycles. The normalized spacial score (nSPS) is 14.9. The van der Waals surface area contributed by atoms with E-state index in [1.807, 2.05) is 12.1 Å². The number of halogens is 1. The maximum absolute atomic E-state index is 12.9. The number of carbonyl (C=O) groups is 1. The lowest BCUT2D eigenvalue weighted by Gasteiger charge is -2.25. The first-order valence-electron chi connectivity index (χ1n) is 8.19. The second-order valence-corrected chi connectivity index (χ2v) is 5.85. The highest BCUT2D eigenvalue weighted by atomic mass is 19.1. The van der Waals surface area contributed by atoms with E-state index in [9.17, 15) is 14.4 Å². The molecular weight excluding hydrogens is 321 g/mol. The summed E-state index contributed by atoms with van der Waals surface area (Å²) in [6.07, 6.45) is 4.91. The lowest BCUT2D eigenvalue weighted by Crippen LogP contribution is -2.28. The van der Waals surface area contributed by atoms with E-state index in [1.54, 1.807) is 6.07 Å². The van der Waals surface area contributed by atoms with Crippen molar-refractivity contribution in [3.05, 3.63) is 53.5 Å². The Hall–Kier alpha value is -3.07. The highest BCUT2D eigenvalue weighted by molar-refractivity contribution is 6.09. The van der Waals surface area contributed by atoms with Gasteiger partial charge in [0.2, 0.25) is 0 Å². The Balaban J connectivity index is 1.71. The molecular formula is C19H18FN3O2. The quantitative estimate of drug-likeness (QED) is 0.676. The molecule has 1 aromatic heterocycles. The van der Waals surface area contributed by atoms with Crippen LogP contribution in [-0.4, -0.2) is 19.0 Å². The van der Waals surface area contributed by atoms with Crippen LogP contribution >= 0.6 is 0 Å². The largest absolute Gasteiger partial charge is 0.441 e. The number of hydrogen-bond donors (Lipinski definition) is 1. The van der Waals surface area contributed by atoms with Gasteiger partial charge in [0.05, 0.1) is 0 Å². The van der Waals surface area contributed by atoms with Crippen LogP contribution in [0.25, 0.3) is 6.08 Å². The second-order valence-electron chi connectivity index (χ2n) is 5.85. The fourth-order valence-electron chi connectivity index (χ4n) is 2.73. The molecule has 0 aliphatic carbocycles. The Morgan fingerprint density at radius 3 is 2.56 bits per heavy atom. The van der Waals surface area contributed by atoms with E-state index < -0.39 is 11.7 Å². The van der Waals surface area contributed by atoms with Crippen molar-refractivity contribution in [1.29, 1.82) is 5.26 Å². The van der Waals surface area contributed by atoms with Crippen molar-refractivity contribution in [2.45, 2.75) is 19.3 Å². The predicted octanol–water partition coefficient (Wildman–Crippen LogP) is 3.95. The van der Waals surface area contributed by atoms with E-state index in [1.165, 1.54) is 36.8 Å². The zero-order valence-electron chi connectivity index (χ0n) is 13.7. The zero-order valence-corrected chi connectivity index (χ0v) is 13.7. The van der Waals surface area contributed by atoms with Crippen molar-refractivity contribution in [2.75, 3.05) is 23.3 Å². The number of nitrogens with one attached hydrogen (secondary N) is 1. The molecule has 128 valence electrons. The first kappa shape index (κ1) is 16.8. The number of hydrogen-bond acceptors (Lipinski definition) is 4. The summed E-state index contributed by atoms with van der Waals surface area (Å²) in [6.45, 7) is 1.90. The molecule has 25 heavy (non-hydrogen) atoms. The van der Waals surface area contributed by atoms with Crippen molar-refractivity contribution in [3.63, 3.8) is 0 Å². The minimum Gasteiger partial charge on any atom is -0.441 e. The number of nitrogens with zero attached hydrogens (tertiary/aromatic N) is 2. The fourth-order valence-corrected chi connectivity index (χ4v) is 2.73. The Morgan fingerprint density at radius 1 is 1.16 bits per heavy atom. The molecule has 1 N–H and O–H groups in total. The van der Waals surface area contributed by atoms with Gasteiger partial charge in [0.1, 0.15) is 23.2 Å². The van der Waals surface area contributed by atoms with E-state index in [2.05, 4.69) is 10.2 Å². The third kappa shape index (κ3) is 4.27. The summed E-state index contributed by atoms with van der Waals surface area (Å²) >= 11 is 0. The van der Waals surface area contributed by atoms with Gasteiger partial charge in [-0.05, 0) is 49.6 Å². The van der Waals surface area contributed by atoms with Crippen LogP contribution in [0.3, 0.4) is 0 Å². The minimum atomic E-state index is -0.565. The lowest BCUT2D eigenvalue weighted by atomic mass is 10.1. The van der Waals surface area contributed by atoms with Crippen molar-refractivity contribution >= 4 is 23.6 Å². The average molecular weight is 339 g/mol. The van der Waals surface area contributed by atoms with Gasteiger partial charge in [-0.2, -0.15) is 5.26 Å². The molecule has 0 spiro atoms. The summed E-state index contributed by atoms with van der Waals surface area (Å²) < 4.78 is 18.6. The molecule has 5 nitrogen and oxygen atoms in total. The molecule has 1 aromatic carbocycles. The van der Waals surface area contributed by atoms with E-state index in [-0.39, 0.29) is 5.57 Å². The highest BCUT2D eigenvalue weighted by Gasteiger charge is 2.15. The van der Waals surface area contributed by atoms with Crippen LogP contribution in [0.4, 0.5) is 16.0 Å². The van der Waals surface area contributed by atoms with Crippen molar-refractivity contribution in [3.8, 4) is 6.07 Å². The molecule has 0 unspecified atom stereocenters.